The SMILES string of the molecule is O=C(CCNS(=O)(=O)c1ccc(F)cc1)NCCN1CCNCC1. The normalized spacial score (nSPS) is 16.0. The van der Waals surface area contributed by atoms with Crippen LogP contribution < -0.4 is 15.4 Å². The maximum Gasteiger partial charge on any atom is 0.240 e. The van der Waals surface area contributed by atoms with Gasteiger partial charge in [0.1, 0.15) is 5.82 Å². The van der Waals surface area contributed by atoms with Gasteiger partial charge < -0.3 is 10.6 Å². The van der Waals surface area contributed by atoms with Gasteiger partial charge in [-0.1, -0.05) is 0 Å². The molecule has 1 saturated heterocycles. The van der Waals surface area contributed by atoms with E-state index < -0.39 is 15.8 Å². The zero-order valence-corrected chi connectivity index (χ0v) is 14.2. The number of hydrogen-bond acceptors (Lipinski definition) is 5. The van der Waals surface area contributed by atoms with Crippen LogP contribution in [0.25, 0.3) is 0 Å². The standard InChI is InChI=1S/C15H23FN4O3S/c16-13-1-3-14(4-2-13)24(22,23)19-6-5-15(21)18-9-12-20-10-7-17-8-11-20/h1-4,17,19H,5-12H2,(H,18,21). The molecule has 0 aliphatic carbocycles. The van der Waals surface area contributed by atoms with Crippen LogP contribution in [-0.4, -0.2) is 65.0 Å². The van der Waals surface area contributed by atoms with Crippen LogP contribution in [0.5, 0.6) is 0 Å². The summed E-state index contributed by atoms with van der Waals surface area (Å²) in [7, 11) is -3.72. The minimum Gasteiger partial charge on any atom is -0.355 e. The minimum absolute atomic E-state index is 0.000816. The van der Waals surface area contributed by atoms with Crippen molar-refractivity contribution in [2.45, 2.75) is 11.3 Å². The highest BCUT2D eigenvalue weighted by Crippen LogP contribution is 2.09. The van der Waals surface area contributed by atoms with E-state index in [1.165, 1.54) is 12.1 Å². The second-order valence-corrected chi connectivity index (χ2v) is 7.31. The van der Waals surface area contributed by atoms with Gasteiger partial charge in [0, 0.05) is 52.2 Å². The zero-order valence-electron chi connectivity index (χ0n) is 13.4. The van der Waals surface area contributed by atoms with E-state index in [1.807, 2.05) is 0 Å². The van der Waals surface area contributed by atoms with E-state index in [2.05, 4.69) is 20.3 Å². The quantitative estimate of drug-likeness (QED) is 0.584. The molecule has 1 amide bonds. The Hall–Kier alpha value is -1.55. The van der Waals surface area contributed by atoms with E-state index in [9.17, 15) is 17.6 Å². The van der Waals surface area contributed by atoms with Gasteiger partial charge in [0.25, 0.3) is 0 Å². The summed E-state index contributed by atoms with van der Waals surface area (Å²) in [6.07, 6.45) is 0.0575. The number of rotatable bonds is 8. The molecule has 0 saturated carbocycles. The maximum atomic E-state index is 12.8. The molecule has 7 nitrogen and oxygen atoms in total. The van der Waals surface area contributed by atoms with Crippen molar-refractivity contribution < 1.29 is 17.6 Å². The van der Waals surface area contributed by atoms with E-state index in [0.717, 1.165) is 44.9 Å². The first kappa shape index (κ1) is 18.8. The molecule has 3 N–H and O–H groups in total. The first-order valence-electron chi connectivity index (χ1n) is 7.92. The first-order valence-corrected chi connectivity index (χ1v) is 9.41. The molecule has 1 aromatic carbocycles. The van der Waals surface area contributed by atoms with Crippen molar-refractivity contribution in [1.29, 1.82) is 0 Å². The topological polar surface area (TPSA) is 90.5 Å². The predicted octanol–water partition coefficient (Wildman–Crippen LogP) is -0.484. The fraction of sp³-hybridized carbons (Fsp3) is 0.533. The van der Waals surface area contributed by atoms with Gasteiger partial charge in [-0.2, -0.15) is 0 Å². The number of halogens is 1. The van der Waals surface area contributed by atoms with Crippen LogP contribution in [0.15, 0.2) is 29.2 Å². The van der Waals surface area contributed by atoms with Crippen LogP contribution in [0.4, 0.5) is 4.39 Å². The van der Waals surface area contributed by atoms with E-state index in [0.29, 0.717) is 6.54 Å². The van der Waals surface area contributed by atoms with Crippen molar-refractivity contribution in [2.75, 3.05) is 45.8 Å². The number of carbonyl (C=O) groups is 1. The maximum absolute atomic E-state index is 12.8. The number of piperazine rings is 1. The number of sulfonamides is 1. The first-order chi connectivity index (χ1) is 11.5. The number of benzene rings is 1. The molecule has 2 rings (SSSR count). The Morgan fingerprint density at radius 2 is 1.83 bits per heavy atom. The molecule has 0 atom stereocenters. The summed E-state index contributed by atoms with van der Waals surface area (Å²) in [5, 5.41) is 6.04. The number of carbonyl (C=O) groups excluding carboxylic acids is 1. The smallest absolute Gasteiger partial charge is 0.240 e. The van der Waals surface area contributed by atoms with Crippen LogP contribution in [0.2, 0.25) is 0 Å². The lowest BCUT2D eigenvalue weighted by molar-refractivity contribution is -0.120. The molecule has 9 heteroatoms. The predicted molar refractivity (Wildman–Crippen MR) is 88.5 cm³/mol. The Kier molecular flexibility index (Phi) is 7.10. The lowest BCUT2D eigenvalue weighted by Gasteiger charge is -2.27. The number of nitrogens with zero attached hydrogens (tertiary/aromatic N) is 1. The molecule has 1 aliphatic rings. The molecule has 1 fully saturated rings. The van der Waals surface area contributed by atoms with Crippen molar-refractivity contribution in [3.63, 3.8) is 0 Å². The fourth-order valence-electron chi connectivity index (χ4n) is 2.37. The molecule has 1 aromatic rings. The molecule has 134 valence electrons. The second kappa shape index (κ2) is 9.07. The average Bonchev–Trinajstić information content (AvgIpc) is 2.56. The van der Waals surface area contributed by atoms with Crippen LogP contribution in [0.3, 0.4) is 0 Å². The second-order valence-electron chi connectivity index (χ2n) is 5.54. The van der Waals surface area contributed by atoms with Crippen molar-refractivity contribution in [3.8, 4) is 0 Å². The van der Waals surface area contributed by atoms with E-state index in [-0.39, 0.29) is 23.8 Å². The van der Waals surface area contributed by atoms with Gasteiger partial charge in [-0.05, 0) is 24.3 Å². The van der Waals surface area contributed by atoms with Gasteiger partial charge in [-0.15, -0.1) is 0 Å². The molecule has 0 spiro atoms. The summed E-state index contributed by atoms with van der Waals surface area (Å²) in [6.45, 7) is 5.18. The van der Waals surface area contributed by atoms with Gasteiger partial charge in [0.2, 0.25) is 15.9 Å². The van der Waals surface area contributed by atoms with Crippen molar-refractivity contribution in [2.24, 2.45) is 0 Å². The Bertz CT molecular complexity index is 631. The highest BCUT2D eigenvalue weighted by atomic mass is 32.2. The Labute approximate surface area is 141 Å². The van der Waals surface area contributed by atoms with Crippen LogP contribution >= 0.6 is 0 Å². The highest BCUT2D eigenvalue weighted by Gasteiger charge is 2.14. The van der Waals surface area contributed by atoms with Crippen molar-refractivity contribution >= 4 is 15.9 Å². The highest BCUT2D eigenvalue weighted by molar-refractivity contribution is 7.89. The lowest BCUT2D eigenvalue weighted by atomic mass is 10.3. The van der Waals surface area contributed by atoms with Crippen LogP contribution in [0.1, 0.15) is 6.42 Å². The number of amides is 1. The van der Waals surface area contributed by atoms with Crippen molar-refractivity contribution in [1.82, 2.24) is 20.3 Å². The summed E-state index contributed by atoms with van der Waals surface area (Å²) in [5.41, 5.74) is 0. The summed E-state index contributed by atoms with van der Waals surface area (Å²) in [4.78, 5) is 14.0. The molecule has 0 radical (unpaired) electrons. The Morgan fingerprint density at radius 3 is 2.50 bits per heavy atom. The summed E-state index contributed by atoms with van der Waals surface area (Å²) in [6, 6.07) is 4.53. The number of nitrogens with one attached hydrogen (secondary N) is 3. The molecule has 1 aliphatic heterocycles. The lowest BCUT2D eigenvalue weighted by Crippen LogP contribution is -2.46. The Morgan fingerprint density at radius 1 is 1.17 bits per heavy atom. The van der Waals surface area contributed by atoms with Crippen LogP contribution in [-0.2, 0) is 14.8 Å². The summed E-state index contributed by atoms with van der Waals surface area (Å²) in [5.74, 6) is -0.704. The molecular weight excluding hydrogens is 335 g/mol. The third-order valence-corrected chi connectivity index (χ3v) is 5.20. The fourth-order valence-corrected chi connectivity index (χ4v) is 3.40. The van der Waals surface area contributed by atoms with Crippen molar-refractivity contribution in [3.05, 3.63) is 30.1 Å². The van der Waals surface area contributed by atoms with E-state index >= 15 is 0 Å². The molecule has 0 aromatic heterocycles. The minimum atomic E-state index is -3.72. The molecule has 0 unspecified atom stereocenters. The van der Waals surface area contributed by atoms with E-state index in [4.69, 9.17) is 0 Å². The average molecular weight is 358 g/mol. The van der Waals surface area contributed by atoms with Crippen LogP contribution in [0, 0.1) is 5.82 Å². The van der Waals surface area contributed by atoms with Gasteiger partial charge in [0.05, 0.1) is 4.90 Å². The van der Waals surface area contributed by atoms with Gasteiger partial charge >= 0.3 is 0 Å². The van der Waals surface area contributed by atoms with E-state index in [1.54, 1.807) is 0 Å². The third-order valence-electron chi connectivity index (χ3n) is 3.73. The third kappa shape index (κ3) is 6.16. The zero-order chi connectivity index (χ0) is 17.4. The van der Waals surface area contributed by atoms with Gasteiger partial charge in [-0.25, -0.2) is 17.5 Å². The largest absolute Gasteiger partial charge is 0.355 e. The molecule has 0 bridgehead atoms. The summed E-state index contributed by atoms with van der Waals surface area (Å²) < 4.78 is 39.1. The molecule has 24 heavy (non-hydrogen) atoms. The summed E-state index contributed by atoms with van der Waals surface area (Å²) >= 11 is 0. The monoisotopic (exact) mass is 358 g/mol. The van der Waals surface area contributed by atoms with Gasteiger partial charge in [0.15, 0.2) is 0 Å². The Balaban J connectivity index is 1.65. The molecular formula is C15H23FN4O3S. The number of hydrogen-bond donors (Lipinski definition) is 3. The van der Waals surface area contributed by atoms with Gasteiger partial charge in [-0.3, -0.25) is 9.69 Å². The molecule has 1 heterocycles.